The number of nitrogens with one attached hydrogen (secondary N) is 1. The van der Waals surface area contributed by atoms with E-state index in [9.17, 15) is 13.6 Å². The lowest BCUT2D eigenvalue weighted by atomic mass is 10.1. The van der Waals surface area contributed by atoms with Gasteiger partial charge in [-0.05, 0) is 23.3 Å². The maximum atomic E-state index is 13.0. The molecule has 0 saturated heterocycles. The second kappa shape index (κ2) is 6.25. The highest BCUT2D eigenvalue weighted by atomic mass is 19.1. The number of carbonyl (C=O) groups excluding carboxylic acids is 1. The molecule has 0 saturated carbocycles. The first kappa shape index (κ1) is 14.1. The highest BCUT2D eigenvalue weighted by molar-refractivity contribution is 5.94. The van der Waals surface area contributed by atoms with Gasteiger partial charge in [0.15, 0.2) is 0 Å². The fourth-order valence-electron chi connectivity index (χ4n) is 1.84. The number of carbonyl (C=O) groups is 1. The third-order valence-electron chi connectivity index (χ3n) is 2.80. The number of hydrogen-bond donors (Lipinski definition) is 2. The summed E-state index contributed by atoms with van der Waals surface area (Å²) in [6.45, 7) is 0.682. The smallest absolute Gasteiger partial charge is 0.251 e. The topological polar surface area (TPSA) is 55.1 Å². The summed E-state index contributed by atoms with van der Waals surface area (Å²) in [6, 6.07) is 10.1. The Kier molecular flexibility index (Phi) is 4.42. The van der Waals surface area contributed by atoms with Gasteiger partial charge >= 0.3 is 0 Å². The molecule has 0 aliphatic heterocycles. The van der Waals surface area contributed by atoms with E-state index in [1.54, 1.807) is 0 Å². The molecule has 0 heterocycles. The molecule has 2 rings (SSSR count). The van der Waals surface area contributed by atoms with Crippen molar-refractivity contribution in [3.05, 3.63) is 70.8 Å². The molecule has 3 nitrogen and oxygen atoms in total. The van der Waals surface area contributed by atoms with Crippen LogP contribution in [0.15, 0.2) is 42.5 Å². The van der Waals surface area contributed by atoms with Gasteiger partial charge in [0.05, 0.1) is 0 Å². The molecule has 0 fully saturated rings. The fourth-order valence-corrected chi connectivity index (χ4v) is 1.84. The Morgan fingerprint density at radius 1 is 1.05 bits per heavy atom. The van der Waals surface area contributed by atoms with E-state index in [4.69, 9.17) is 5.73 Å². The molecular formula is C15H14F2N2O. The predicted octanol–water partition coefficient (Wildman–Crippen LogP) is 2.35. The minimum Gasteiger partial charge on any atom is -0.348 e. The van der Waals surface area contributed by atoms with Crippen molar-refractivity contribution >= 4 is 5.91 Å². The summed E-state index contributed by atoms with van der Waals surface area (Å²) in [5.41, 5.74) is 7.31. The van der Waals surface area contributed by atoms with E-state index in [-0.39, 0.29) is 12.1 Å². The lowest BCUT2D eigenvalue weighted by Gasteiger charge is -2.07. The molecule has 0 unspecified atom stereocenters. The minimum atomic E-state index is -0.778. The molecule has 0 bridgehead atoms. The van der Waals surface area contributed by atoms with E-state index >= 15 is 0 Å². The Balaban J connectivity index is 2.04. The first-order chi connectivity index (χ1) is 9.58. The summed E-state index contributed by atoms with van der Waals surface area (Å²) in [4.78, 5) is 11.8. The molecule has 3 N–H and O–H groups in total. The summed E-state index contributed by atoms with van der Waals surface area (Å²) in [7, 11) is 0. The molecule has 0 radical (unpaired) electrons. The van der Waals surface area contributed by atoms with Crippen LogP contribution in [0.25, 0.3) is 0 Å². The van der Waals surface area contributed by atoms with Gasteiger partial charge in [0.25, 0.3) is 5.91 Å². The molecule has 2 aromatic rings. The highest BCUT2D eigenvalue weighted by Crippen LogP contribution is 2.09. The van der Waals surface area contributed by atoms with Crippen LogP contribution in [0.1, 0.15) is 21.5 Å². The molecule has 0 aliphatic carbocycles. The van der Waals surface area contributed by atoms with Crippen molar-refractivity contribution in [1.29, 1.82) is 0 Å². The standard InChI is InChI=1S/C15H14F2N2O/c16-13-5-12(6-14(17)7-13)15(20)19-9-11-3-1-2-10(4-11)8-18/h1-7H,8-9,18H2,(H,19,20). The van der Waals surface area contributed by atoms with Gasteiger partial charge in [0, 0.05) is 24.7 Å². The molecule has 0 spiro atoms. The molecule has 20 heavy (non-hydrogen) atoms. The van der Waals surface area contributed by atoms with E-state index in [2.05, 4.69) is 5.32 Å². The molecule has 5 heteroatoms. The van der Waals surface area contributed by atoms with Gasteiger partial charge in [-0.2, -0.15) is 0 Å². The molecular weight excluding hydrogens is 262 g/mol. The zero-order valence-corrected chi connectivity index (χ0v) is 10.7. The van der Waals surface area contributed by atoms with Gasteiger partial charge < -0.3 is 11.1 Å². The molecule has 1 amide bonds. The van der Waals surface area contributed by atoms with Gasteiger partial charge in [0.2, 0.25) is 0 Å². The quantitative estimate of drug-likeness (QED) is 0.900. The monoisotopic (exact) mass is 276 g/mol. The summed E-state index contributed by atoms with van der Waals surface area (Å²) >= 11 is 0. The Hall–Kier alpha value is -2.27. The number of rotatable bonds is 4. The lowest BCUT2D eigenvalue weighted by Crippen LogP contribution is -2.23. The van der Waals surface area contributed by atoms with E-state index in [1.807, 2.05) is 24.3 Å². The Labute approximate surface area is 115 Å². The average Bonchev–Trinajstić information content (AvgIpc) is 2.44. The van der Waals surface area contributed by atoms with Crippen molar-refractivity contribution in [3.63, 3.8) is 0 Å². The number of nitrogens with two attached hydrogens (primary N) is 1. The average molecular weight is 276 g/mol. The molecule has 2 aromatic carbocycles. The van der Waals surface area contributed by atoms with Gasteiger partial charge in [-0.25, -0.2) is 8.78 Å². The third kappa shape index (κ3) is 3.61. The van der Waals surface area contributed by atoms with Crippen molar-refractivity contribution in [2.45, 2.75) is 13.1 Å². The second-order valence-electron chi connectivity index (χ2n) is 4.36. The van der Waals surface area contributed by atoms with Gasteiger partial charge in [-0.1, -0.05) is 24.3 Å². The van der Waals surface area contributed by atoms with Crippen LogP contribution in [-0.2, 0) is 13.1 Å². The van der Waals surface area contributed by atoms with Crippen LogP contribution in [0.5, 0.6) is 0 Å². The summed E-state index contributed by atoms with van der Waals surface area (Å²) in [5.74, 6) is -2.08. The van der Waals surface area contributed by atoms with Crippen LogP contribution in [0.3, 0.4) is 0 Å². The summed E-state index contributed by atoms with van der Waals surface area (Å²) < 4.78 is 26.0. The Bertz CT molecular complexity index is 609. The minimum absolute atomic E-state index is 0.0440. The number of hydrogen-bond acceptors (Lipinski definition) is 2. The molecule has 104 valence electrons. The van der Waals surface area contributed by atoms with Crippen LogP contribution < -0.4 is 11.1 Å². The van der Waals surface area contributed by atoms with Gasteiger partial charge in [0.1, 0.15) is 11.6 Å². The second-order valence-corrected chi connectivity index (χ2v) is 4.36. The third-order valence-corrected chi connectivity index (χ3v) is 2.80. The summed E-state index contributed by atoms with van der Waals surface area (Å²) in [6.07, 6.45) is 0. The zero-order chi connectivity index (χ0) is 14.5. The van der Waals surface area contributed by atoms with Crippen LogP contribution in [0.2, 0.25) is 0 Å². The number of benzene rings is 2. The Morgan fingerprint density at radius 2 is 1.70 bits per heavy atom. The van der Waals surface area contributed by atoms with Crippen molar-refractivity contribution in [2.24, 2.45) is 5.73 Å². The maximum absolute atomic E-state index is 13.0. The van der Waals surface area contributed by atoms with E-state index < -0.39 is 17.5 Å². The fraction of sp³-hybridized carbons (Fsp3) is 0.133. The van der Waals surface area contributed by atoms with E-state index in [0.29, 0.717) is 6.54 Å². The normalized spacial score (nSPS) is 10.3. The van der Waals surface area contributed by atoms with Crippen molar-refractivity contribution in [2.75, 3.05) is 0 Å². The van der Waals surface area contributed by atoms with Crippen molar-refractivity contribution in [3.8, 4) is 0 Å². The SMILES string of the molecule is NCc1cccc(CNC(=O)c2cc(F)cc(F)c2)c1. The number of halogens is 2. The van der Waals surface area contributed by atoms with Crippen LogP contribution in [0, 0.1) is 11.6 Å². The highest BCUT2D eigenvalue weighted by Gasteiger charge is 2.08. The van der Waals surface area contributed by atoms with Crippen LogP contribution >= 0.6 is 0 Å². The van der Waals surface area contributed by atoms with Gasteiger partial charge in [-0.15, -0.1) is 0 Å². The molecule has 0 aromatic heterocycles. The van der Waals surface area contributed by atoms with Crippen LogP contribution in [0.4, 0.5) is 8.78 Å². The zero-order valence-electron chi connectivity index (χ0n) is 10.7. The van der Waals surface area contributed by atoms with Crippen molar-refractivity contribution in [1.82, 2.24) is 5.32 Å². The van der Waals surface area contributed by atoms with Crippen LogP contribution in [-0.4, -0.2) is 5.91 Å². The number of amides is 1. The molecule has 0 atom stereocenters. The first-order valence-electron chi connectivity index (χ1n) is 6.10. The Morgan fingerprint density at radius 3 is 2.35 bits per heavy atom. The lowest BCUT2D eigenvalue weighted by molar-refractivity contribution is 0.0950. The van der Waals surface area contributed by atoms with E-state index in [1.165, 1.54) is 0 Å². The molecule has 0 aliphatic rings. The maximum Gasteiger partial charge on any atom is 0.251 e. The largest absolute Gasteiger partial charge is 0.348 e. The van der Waals surface area contributed by atoms with E-state index in [0.717, 1.165) is 29.3 Å². The summed E-state index contributed by atoms with van der Waals surface area (Å²) in [5, 5.41) is 2.61. The first-order valence-corrected chi connectivity index (χ1v) is 6.10. The predicted molar refractivity (Wildman–Crippen MR) is 71.9 cm³/mol. The van der Waals surface area contributed by atoms with Crippen molar-refractivity contribution < 1.29 is 13.6 Å². The van der Waals surface area contributed by atoms with Gasteiger partial charge in [-0.3, -0.25) is 4.79 Å².